The largest absolute Gasteiger partial charge is 0.342 e. The summed E-state index contributed by atoms with van der Waals surface area (Å²) in [6.45, 7) is 3.17. The van der Waals surface area contributed by atoms with E-state index < -0.39 is 0 Å². The zero-order valence-electron chi connectivity index (χ0n) is 10.2. The maximum absolute atomic E-state index is 3.52. The first-order valence-electron chi connectivity index (χ1n) is 6.07. The first kappa shape index (κ1) is 12.0. The molecule has 92 valence electrons. The summed E-state index contributed by atoms with van der Waals surface area (Å²) in [5, 5.41) is 3.48. The summed E-state index contributed by atoms with van der Waals surface area (Å²) in [5.74, 6) is 0. The number of thiophene rings is 1. The third kappa shape index (κ3) is 2.13. The average molecular weight is 320 g/mol. The summed E-state index contributed by atoms with van der Waals surface area (Å²) in [6, 6.07) is 11.0. The van der Waals surface area contributed by atoms with Gasteiger partial charge in [-0.05, 0) is 45.4 Å². The fourth-order valence-electron chi connectivity index (χ4n) is 2.36. The lowest BCUT2D eigenvalue weighted by Crippen LogP contribution is -1.98. The molecule has 0 amide bonds. The summed E-state index contributed by atoms with van der Waals surface area (Å²) >= 11 is 5.32. The quantitative estimate of drug-likeness (QED) is 0.634. The first-order chi connectivity index (χ1) is 8.78. The number of benzene rings is 1. The van der Waals surface area contributed by atoms with E-state index in [-0.39, 0.29) is 0 Å². The van der Waals surface area contributed by atoms with E-state index in [0.29, 0.717) is 0 Å². The molecule has 3 aromatic rings. The van der Waals surface area contributed by atoms with Gasteiger partial charge in [0, 0.05) is 20.9 Å². The van der Waals surface area contributed by atoms with Gasteiger partial charge in [-0.2, -0.15) is 0 Å². The van der Waals surface area contributed by atoms with E-state index in [1.54, 1.807) is 11.3 Å². The van der Waals surface area contributed by atoms with Crippen molar-refractivity contribution in [2.45, 2.75) is 19.9 Å². The van der Waals surface area contributed by atoms with Crippen molar-refractivity contribution in [3.8, 4) is 0 Å². The molecule has 0 unspecified atom stereocenters. The zero-order valence-corrected chi connectivity index (χ0v) is 12.6. The molecule has 3 heteroatoms. The topological polar surface area (TPSA) is 4.93 Å². The van der Waals surface area contributed by atoms with Crippen LogP contribution in [-0.4, -0.2) is 4.57 Å². The smallest absolute Gasteiger partial charge is 0.0569 e. The van der Waals surface area contributed by atoms with Crippen LogP contribution in [0.25, 0.3) is 10.9 Å². The standard InChI is InChI=1S/C15H14BrNS/c1-2-11-4-3-5-12-6-7-17(15(11)12)9-14-8-13(16)10-18-14/h3-8,10H,2,9H2,1H3. The van der Waals surface area contributed by atoms with Crippen LogP contribution in [0.5, 0.6) is 0 Å². The maximum Gasteiger partial charge on any atom is 0.0569 e. The van der Waals surface area contributed by atoms with E-state index in [0.717, 1.165) is 13.0 Å². The molecule has 0 bridgehead atoms. The number of hydrogen-bond acceptors (Lipinski definition) is 1. The van der Waals surface area contributed by atoms with Gasteiger partial charge in [-0.15, -0.1) is 11.3 Å². The van der Waals surface area contributed by atoms with Crippen LogP contribution in [0.15, 0.2) is 46.4 Å². The highest BCUT2D eigenvalue weighted by atomic mass is 79.9. The second-order valence-electron chi connectivity index (χ2n) is 4.38. The van der Waals surface area contributed by atoms with Gasteiger partial charge in [0.25, 0.3) is 0 Å². The molecule has 0 aliphatic carbocycles. The Labute approximate surface area is 119 Å². The minimum Gasteiger partial charge on any atom is -0.342 e. The van der Waals surface area contributed by atoms with E-state index in [1.165, 1.54) is 25.8 Å². The molecule has 0 saturated carbocycles. The molecule has 0 N–H and O–H groups in total. The average Bonchev–Trinajstić information content (AvgIpc) is 2.97. The first-order valence-corrected chi connectivity index (χ1v) is 7.75. The molecular formula is C15H14BrNS. The molecule has 1 aromatic carbocycles. The van der Waals surface area contributed by atoms with Gasteiger partial charge < -0.3 is 4.57 Å². The molecule has 0 saturated heterocycles. The Morgan fingerprint density at radius 2 is 2.17 bits per heavy atom. The molecule has 0 radical (unpaired) electrons. The summed E-state index contributed by atoms with van der Waals surface area (Å²) in [6.07, 6.45) is 3.27. The number of fused-ring (bicyclic) bond motifs is 1. The van der Waals surface area contributed by atoms with Crippen LogP contribution in [0.1, 0.15) is 17.4 Å². The van der Waals surface area contributed by atoms with E-state index in [2.05, 4.69) is 69.3 Å². The van der Waals surface area contributed by atoms with E-state index >= 15 is 0 Å². The van der Waals surface area contributed by atoms with E-state index in [1.807, 2.05) is 0 Å². The maximum atomic E-state index is 3.52. The highest BCUT2D eigenvalue weighted by Gasteiger charge is 2.06. The van der Waals surface area contributed by atoms with Crippen LogP contribution >= 0.6 is 27.3 Å². The van der Waals surface area contributed by atoms with Gasteiger partial charge in [0.2, 0.25) is 0 Å². The predicted octanol–water partition coefficient (Wildman–Crippen LogP) is 5.08. The third-order valence-electron chi connectivity index (χ3n) is 3.20. The summed E-state index contributed by atoms with van der Waals surface area (Å²) < 4.78 is 3.53. The molecule has 2 aromatic heterocycles. The highest BCUT2D eigenvalue weighted by molar-refractivity contribution is 9.10. The van der Waals surface area contributed by atoms with Crippen molar-refractivity contribution in [2.24, 2.45) is 0 Å². The van der Waals surface area contributed by atoms with Crippen molar-refractivity contribution < 1.29 is 0 Å². The molecular weight excluding hydrogens is 306 g/mol. The fourth-order valence-corrected chi connectivity index (χ4v) is 3.81. The lowest BCUT2D eigenvalue weighted by molar-refractivity contribution is 0.845. The summed E-state index contributed by atoms with van der Waals surface area (Å²) in [5.41, 5.74) is 2.80. The number of aryl methyl sites for hydroxylation is 1. The van der Waals surface area contributed by atoms with E-state index in [4.69, 9.17) is 0 Å². The second kappa shape index (κ2) is 4.90. The highest BCUT2D eigenvalue weighted by Crippen LogP contribution is 2.25. The predicted molar refractivity (Wildman–Crippen MR) is 82.4 cm³/mol. The summed E-state index contributed by atoms with van der Waals surface area (Å²) in [4.78, 5) is 1.38. The van der Waals surface area contributed by atoms with E-state index in [9.17, 15) is 0 Å². The summed E-state index contributed by atoms with van der Waals surface area (Å²) in [7, 11) is 0. The number of para-hydroxylation sites is 1. The minimum atomic E-state index is 0.955. The van der Waals surface area contributed by atoms with Crippen LogP contribution in [0.4, 0.5) is 0 Å². The van der Waals surface area contributed by atoms with Crippen molar-refractivity contribution >= 4 is 38.2 Å². The fraction of sp³-hybridized carbons (Fsp3) is 0.200. The Bertz CT molecular complexity index is 681. The molecule has 0 spiro atoms. The second-order valence-corrected chi connectivity index (χ2v) is 6.29. The SMILES string of the molecule is CCc1cccc2ccn(Cc3cc(Br)cs3)c12. The Balaban J connectivity index is 2.06. The molecule has 0 atom stereocenters. The lowest BCUT2D eigenvalue weighted by atomic mass is 10.1. The molecule has 2 heterocycles. The van der Waals surface area contributed by atoms with Crippen molar-refractivity contribution in [1.82, 2.24) is 4.57 Å². The van der Waals surface area contributed by atoms with Crippen LogP contribution in [0.2, 0.25) is 0 Å². The van der Waals surface area contributed by atoms with Crippen LogP contribution in [-0.2, 0) is 13.0 Å². The molecule has 0 aliphatic rings. The van der Waals surface area contributed by atoms with Gasteiger partial charge in [0.05, 0.1) is 12.1 Å². The van der Waals surface area contributed by atoms with Crippen molar-refractivity contribution in [3.63, 3.8) is 0 Å². The number of halogens is 1. The third-order valence-corrected chi connectivity index (χ3v) is 4.88. The molecule has 1 nitrogen and oxygen atoms in total. The molecule has 0 fully saturated rings. The lowest BCUT2D eigenvalue weighted by Gasteiger charge is -2.07. The number of hydrogen-bond donors (Lipinski definition) is 0. The Hall–Kier alpha value is -1.06. The van der Waals surface area contributed by atoms with Gasteiger partial charge in [-0.1, -0.05) is 25.1 Å². The Morgan fingerprint density at radius 1 is 1.28 bits per heavy atom. The van der Waals surface area contributed by atoms with Gasteiger partial charge in [0.1, 0.15) is 0 Å². The van der Waals surface area contributed by atoms with Crippen molar-refractivity contribution in [2.75, 3.05) is 0 Å². The number of nitrogens with zero attached hydrogens (tertiary/aromatic N) is 1. The monoisotopic (exact) mass is 319 g/mol. The number of aromatic nitrogens is 1. The van der Waals surface area contributed by atoms with Crippen LogP contribution in [0.3, 0.4) is 0 Å². The minimum absolute atomic E-state index is 0.955. The molecule has 0 aliphatic heterocycles. The van der Waals surface area contributed by atoms with Gasteiger partial charge >= 0.3 is 0 Å². The molecule has 3 rings (SSSR count). The van der Waals surface area contributed by atoms with Gasteiger partial charge in [-0.3, -0.25) is 0 Å². The van der Waals surface area contributed by atoms with Crippen molar-refractivity contribution in [3.05, 3.63) is 56.8 Å². The van der Waals surface area contributed by atoms with Crippen molar-refractivity contribution in [1.29, 1.82) is 0 Å². The normalized spacial score (nSPS) is 11.2. The zero-order chi connectivity index (χ0) is 12.5. The molecule has 18 heavy (non-hydrogen) atoms. The van der Waals surface area contributed by atoms with Crippen LogP contribution < -0.4 is 0 Å². The van der Waals surface area contributed by atoms with Gasteiger partial charge in [-0.25, -0.2) is 0 Å². The Morgan fingerprint density at radius 3 is 2.89 bits per heavy atom. The Kier molecular flexibility index (Phi) is 3.27. The van der Waals surface area contributed by atoms with Gasteiger partial charge in [0.15, 0.2) is 0 Å². The number of rotatable bonds is 3. The van der Waals surface area contributed by atoms with Crippen LogP contribution in [0, 0.1) is 0 Å².